The van der Waals surface area contributed by atoms with Gasteiger partial charge < -0.3 is 14.4 Å². The molecule has 19 heavy (non-hydrogen) atoms. The van der Waals surface area contributed by atoms with E-state index in [0.717, 1.165) is 18.5 Å². The maximum absolute atomic E-state index is 12.8. The van der Waals surface area contributed by atoms with Crippen molar-refractivity contribution in [1.82, 2.24) is 0 Å². The number of rotatable bonds is 9. The first-order valence-electron chi connectivity index (χ1n) is 6.86. The van der Waals surface area contributed by atoms with E-state index < -0.39 is 7.60 Å². The Labute approximate surface area is 116 Å². The van der Waals surface area contributed by atoms with Gasteiger partial charge >= 0.3 is 7.60 Å². The molecule has 0 aliphatic carbocycles. The van der Waals surface area contributed by atoms with E-state index in [2.05, 4.69) is 12.2 Å². The van der Waals surface area contributed by atoms with Gasteiger partial charge in [-0.05, 0) is 32.4 Å². The lowest BCUT2D eigenvalue weighted by atomic mass is 10.3. The van der Waals surface area contributed by atoms with Gasteiger partial charge in [-0.15, -0.1) is 0 Å². The molecule has 1 aromatic carbocycles. The largest absolute Gasteiger partial charge is 0.372 e. The molecule has 0 saturated carbocycles. The Morgan fingerprint density at radius 3 is 2.16 bits per heavy atom. The molecule has 1 aromatic rings. The topological polar surface area (TPSA) is 47.6 Å². The van der Waals surface area contributed by atoms with Crippen LogP contribution in [0.25, 0.3) is 0 Å². The second kappa shape index (κ2) is 8.36. The fraction of sp³-hybridized carbons (Fsp3) is 0.571. The fourth-order valence-corrected chi connectivity index (χ4v) is 3.92. The number of anilines is 1. The lowest BCUT2D eigenvalue weighted by Gasteiger charge is -2.27. The first-order chi connectivity index (χ1) is 9.16. The van der Waals surface area contributed by atoms with Crippen molar-refractivity contribution < 1.29 is 13.6 Å². The van der Waals surface area contributed by atoms with E-state index in [1.807, 2.05) is 44.2 Å². The van der Waals surface area contributed by atoms with Crippen LogP contribution in [0.1, 0.15) is 33.6 Å². The van der Waals surface area contributed by atoms with Crippen molar-refractivity contribution in [1.29, 1.82) is 0 Å². The molecule has 0 aliphatic rings. The molecule has 0 amide bonds. The van der Waals surface area contributed by atoms with Crippen LogP contribution in [-0.2, 0) is 13.6 Å². The predicted molar refractivity (Wildman–Crippen MR) is 79.6 cm³/mol. The van der Waals surface area contributed by atoms with E-state index >= 15 is 0 Å². The van der Waals surface area contributed by atoms with Crippen LogP contribution in [0, 0.1) is 0 Å². The Balaban J connectivity index is 2.87. The van der Waals surface area contributed by atoms with Gasteiger partial charge in [-0.3, -0.25) is 4.57 Å². The van der Waals surface area contributed by atoms with Crippen LogP contribution in [0.15, 0.2) is 30.3 Å². The SMILES string of the molecule is CCCC(Nc1ccccc1)P(=O)(OCC)OCC. The Kier molecular flexibility index (Phi) is 7.14. The van der Waals surface area contributed by atoms with Gasteiger partial charge in [0.15, 0.2) is 0 Å². The smallest absolute Gasteiger partial charge is 0.352 e. The highest BCUT2D eigenvalue weighted by molar-refractivity contribution is 7.54. The summed E-state index contributed by atoms with van der Waals surface area (Å²) in [6.45, 7) is 6.48. The van der Waals surface area contributed by atoms with Gasteiger partial charge in [-0.1, -0.05) is 31.5 Å². The maximum atomic E-state index is 12.8. The van der Waals surface area contributed by atoms with Gasteiger partial charge in [0.1, 0.15) is 5.78 Å². The van der Waals surface area contributed by atoms with Crippen molar-refractivity contribution in [2.75, 3.05) is 18.5 Å². The van der Waals surface area contributed by atoms with Crippen LogP contribution < -0.4 is 5.32 Å². The van der Waals surface area contributed by atoms with E-state index in [4.69, 9.17) is 9.05 Å². The summed E-state index contributed by atoms with van der Waals surface area (Å²) in [5.74, 6) is -0.306. The van der Waals surface area contributed by atoms with Gasteiger partial charge in [0.2, 0.25) is 0 Å². The molecule has 0 bridgehead atoms. The van der Waals surface area contributed by atoms with Crippen LogP contribution >= 0.6 is 7.60 Å². The average Bonchev–Trinajstić information content (AvgIpc) is 2.40. The third-order valence-corrected chi connectivity index (χ3v) is 5.06. The molecule has 0 aliphatic heterocycles. The third-order valence-electron chi connectivity index (χ3n) is 2.67. The first kappa shape index (κ1) is 16.2. The fourth-order valence-electron chi connectivity index (χ4n) is 1.89. The summed E-state index contributed by atoms with van der Waals surface area (Å²) in [5, 5.41) is 3.28. The minimum atomic E-state index is -3.12. The van der Waals surface area contributed by atoms with Gasteiger partial charge in [0.05, 0.1) is 13.2 Å². The summed E-state index contributed by atoms with van der Waals surface area (Å²) < 4.78 is 23.7. The van der Waals surface area contributed by atoms with Crippen LogP contribution in [0.3, 0.4) is 0 Å². The standard InChI is InChI=1S/C14H24NO3P/c1-4-10-14(15-13-11-8-7-9-12-13)19(16,17-5-2)18-6-3/h7-9,11-12,14-15H,4-6,10H2,1-3H3. The zero-order chi connectivity index (χ0) is 14.1. The van der Waals surface area contributed by atoms with Gasteiger partial charge in [0, 0.05) is 5.69 Å². The monoisotopic (exact) mass is 285 g/mol. The van der Waals surface area contributed by atoms with Crippen LogP contribution in [0.2, 0.25) is 0 Å². The molecule has 0 heterocycles. The van der Waals surface area contributed by atoms with Crippen LogP contribution in [-0.4, -0.2) is 19.0 Å². The van der Waals surface area contributed by atoms with E-state index in [-0.39, 0.29) is 5.78 Å². The second-order valence-corrected chi connectivity index (χ2v) is 6.41. The molecule has 1 atom stereocenters. The predicted octanol–water partition coefficient (Wildman–Crippen LogP) is 4.49. The Bertz CT molecular complexity index is 387. The molecule has 4 nitrogen and oxygen atoms in total. The minimum Gasteiger partial charge on any atom is -0.372 e. The summed E-state index contributed by atoms with van der Waals surface area (Å²) in [5.41, 5.74) is 0.931. The number of nitrogens with one attached hydrogen (secondary N) is 1. The second-order valence-electron chi connectivity index (χ2n) is 4.19. The lowest BCUT2D eigenvalue weighted by molar-refractivity contribution is 0.212. The van der Waals surface area contributed by atoms with Crippen molar-refractivity contribution in [3.8, 4) is 0 Å². The highest BCUT2D eigenvalue weighted by atomic mass is 31.2. The van der Waals surface area contributed by atoms with Crippen molar-refractivity contribution >= 4 is 13.3 Å². The minimum absolute atomic E-state index is 0.306. The Hall–Kier alpha value is -0.830. The molecule has 0 radical (unpaired) electrons. The van der Waals surface area contributed by atoms with Crippen molar-refractivity contribution in [2.45, 2.75) is 39.4 Å². The quantitative estimate of drug-likeness (QED) is 0.679. The highest BCUT2D eigenvalue weighted by Crippen LogP contribution is 2.54. The molecule has 0 saturated heterocycles. The zero-order valence-electron chi connectivity index (χ0n) is 12.0. The van der Waals surface area contributed by atoms with E-state index in [9.17, 15) is 4.57 Å². The molecular formula is C14H24NO3P. The molecule has 5 heteroatoms. The molecule has 0 fully saturated rings. The zero-order valence-corrected chi connectivity index (χ0v) is 12.9. The summed E-state index contributed by atoms with van der Waals surface area (Å²) in [6.07, 6.45) is 1.65. The van der Waals surface area contributed by atoms with Crippen LogP contribution in [0.4, 0.5) is 5.69 Å². The van der Waals surface area contributed by atoms with Crippen molar-refractivity contribution in [2.24, 2.45) is 0 Å². The van der Waals surface area contributed by atoms with Gasteiger partial charge in [-0.2, -0.15) is 0 Å². The van der Waals surface area contributed by atoms with E-state index in [1.54, 1.807) is 0 Å². The summed E-state index contributed by atoms with van der Waals surface area (Å²) in [4.78, 5) is 0. The number of benzene rings is 1. The normalized spacial score (nSPS) is 13.2. The number of hydrogen-bond acceptors (Lipinski definition) is 4. The van der Waals surface area contributed by atoms with E-state index in [0.29, 0.717) is 13.2 Å². The molecular weight excluding hydrogens is 261 g/mol. The Morgan fingerprint density at radius 2 is 1.68 bits per heavy atom. The van der Waals surface area contributed by atoms with E-state index in [1.165, 1.54) is 0 Å². The van der Waals surface area contributed by atoms with Crippen molar-refractivity contribution in [3.05, 3.63) is 30.3 Å². The average molecular weight is 285 g/mol. The molecule has 108 valence electrons. The lowest BCUT2D eigenvalue weighted by Crippen LogP contribution is -2.22. The third kappa shape index (κ3) is 4.98. The maximum Gasteiger partial charge on any atom is 0.352 e. The summed E-state index contributed by atoms with van der Waals surface area (Å²) >= 11 is 0. The first-order valence-corrected chi connectivity index (χ1v) is 8.47. The van der Waals surface area contributed by atoms with Gasteiger partial charge in [-0.25, -0.2) is 0 Å². The molecule has 0 spiro atoms. The summed E-state index contributed by atoms with van der Waals surface area (Å²) in [7, 11) is -3.12. The number of hydrogen-bond donors (Lipinski definition) is 1. The molecule has 1 rings (SSSR count). The van der Waals surface area contributed by atoms with Gasteiger partial charge in [0.25, 0.3) is 0 Å². The molecule has 1 N–H and O–H groups in total. The molecule has 0 aromatic heterocycles. The Morgan fingerprint density at radius 1 is 1.11 bits per heavy atom. The molecule has 1 unspecified atom stereocenters. The number of para-hydroxylation sites is 1. The van der Waals surface area contributed by atoms with Crippen molar-refractivity contribution in [3.63, 3.8) is 0 Å². The summed E-state index contributed by atoms with van der Waals surface area (Å²) in [6, 6.07) is 9.73. The van der Waals surface area contributed by atoms with Crippen LogP contribution in [0.5, 0.6) is 0 Å². The highest BCUT2D eigenvalue weighted by Gasteiger charge is 2.34.